The molecule has 3 nitrogen and oxygen atoms in total. The summed E-state index contributed by atoms with van der Waals surface area (Å²) in [4.78, 5) is 7.32. The number of hydrogen-bond donors (Lipinski definition) is 1. The third-order valence-corrected chi connectivity index (χ3v) is 5.05. The predicted octanol–water partition coefficient (Wildman–Crippen LogP) is 4.18. The highest BCUT2D eigenvalue weighted by Crippen LogP contribution is 2.30. The predicted molar refractivity (Wildman–Crippen MR) is 92.0 cm³/mol. The molecule has 1 aromatic carbocycles. The van der Waals surface area contributed by atoms with Gasteiger partial charge in [0.1, 0.15) is 5.01 Å². The summed E-state index contributed by atoms with van der Waals surface area (Å²) in [6, 6.07) is 8.66. The zero-order valence-corrected chi connectivity index (χ0v) is 14.4. The molecule has 2 aromatic rings. The van der Waals surface area contributed by atoms with Gasteiger partial charge < -0.3 is 10.1 Å². The van der Waals surface area contributed by atoms with Crippen molar-refractivity contribution in [2.24, 2.45) is 0 Å². The topological polar surface area (TPSA) is 34.2 Å². The van der Waals surface area contributed by atoms with Crippen LogP contribution in [0.1, 0.15) is 24.4 Å². The van der Waals surface area contributed by atoms with Crippen LogP contribution in [-0.2, 0) is 17.9 Å². The zero-order valence-electron chi connectivity index (χ0n) is 12.8. The lowest BCUT2D eigenvalue weighted by atomic mass is 10.2. The second kappa shape index (κ2) is 8.54. The highest BCUT2D eigenvalue weighted by molar-refractivity contribution is 7.99. The molecule has 0 radical (unpaired) electrons. The second-order valence-corrected chi connectivity index (χ2v) is 6.98. The van der Waals surface area contributed by atoms with Crippen LogP contribution >= 0.6 is 23.1 Å². The van der Waals surface area contributed by atoms with Crippen molar-refractivity contribution in [2.75, 3.05) is 19.4 Å². The van der Waals surface area contributed by atoms with E-state index < -0.39 is 0 Å². The van der Waals surface area contributed by atoms with Crippen LogP contribution in [0, 0.1) is 0 Å². The van der Waals surface area contributed by atoms with Crippen molar-refractivity contribution in [3.05, 3.63) is 34.8 Å². The van der Waals surface area contributed by atoms with Crippen molar-refractivity contribution in [2.45, 2.75) is 31.9 Å². The third-order valence-electron chi connectivity index (χ3n) is 3.01. The molecule has 0 aliphatic carbocycles. The summed E-state index contributed by atoms with van der Waals surface area (Å²) in [7, 11) is 1.72. The number of thioether (sulfide) groups is 1. The Morgan fingerprint density at radius 1 is 1.24 bits per heavy atom. The quantitative estimate of drug-likeness (QED) is 0.739. The van der Waals surface area contributed by atoms with Crippen LogP contribution in [0.2, 0.25) is 0 Å². The van der Waals surface area contributed by atoms with Gasteiger partial charge in [-0.05, 0) is 24.4 Å². The highest BCUT2D eigenvalue weighted by Gasteiger charge is 2.12. The van der Waals surface area contributed by atoms with Crippen LogP contribution in [0.15, 0.2) is 29.2 Å². The van der Waals surface area contributed by atoms with Crippen molar-refractivity contribution >= 4 is 23.1 Å². The lowest BCUT2D eigenvalue weighted by Crippen LogP contribution is -2.12. The van der Waals surface area contributed by atoms with E-state index in [4.69, 9.17) is 9.72 Å². The number of nitrogens with zero attached hydrogens (tertiary/aromatic N) is 1. The highest BCUT2D eigenvalue weighted by atomic mass is 32.2. The monoisotopic (exact) mass is 322 g/mol. The van der Waals surface area contributed by atoms with Crippen molar-refractivity contribution in [3.63, 3.8) is 0 Å². The van der Waals surface area contributed by atoms with E-state index in [1.165, 1.54) is 15.3 Å². The molecule has 114 valence electrons. The molecule has 0 bridgehead atoms. The summed E-state index contributed by atoms with van der Waals surface area (Å²) >= 11 is 3.61. The Bertz CT molecular complexity index is 552. The van der Waals surface area contributed by atoms with Gasteiger partial charge >= 0.3 is 0 Å². The Labute approximate surface area is 135 Å². The van der Waals surface area contributed by atoms with E-state index in [0.29, 0.717) is 6.61 Å². The maximum absolute atomic E-state index is 5.26. The Kier molecular flexibility index (Phi) is 6.70. The molecular weight excluding hydrogens is 300 g/mol. The van der Waals surface area contributed by atoms with Gasteiger partial charge in [-0.25, -0.2) is 4.98 Å². The summed E-state index contributed by atoms with van der Waals surface area (Å²) in [5, 5.41) is 4.44. The Morgan fingerprint density at radius 3 is 2.62 bits per heavy atom. The first-order chi connectivity index (χ1) is 10.3. The lowest BCUT2D eigenvalue weighted by Gasteiger charge is -2.00. The first-order valence-electron chi connectivity index (χ1n) is 7.19. The Balaban J connectivity index is 2.21. The summed E-state index contributed by atoms with van der Waals surface area (Å²) in [6.45, 7) is 6.67. The minimum Gasteiger partial charge on any atom is -0.378 e. The van der Waals surface area contributed by atoms with Crippen molar-refractivity contribution in [3.8, 4) is 10.6 Å². The lowest BCUT2D eigenvalue weighted by molar-refractivity contribution is 0.181. The number of rotatable bonds is 8. The van der Waals surface area contributed by atoms with Gasteiger partial charge in [0.25, 0.3) is 0 Å². The second-order valence-electron chi connectivity index (χ2n) is 4.56. The molecule has 0 fully saturated rings. The van der Waals surface area contributed by atoms with E-state index in [9.17, 15) is 0 Å². The number of hydrogen-bond acceptors (Lipinski definition) is 5. The number of thiazole rings is 1. The van der Waals surface area contributed by atoms with Gasteiger partial charge in [-0.2, -0.15) is 0 Å². The molecule has 0 saturated heterocycles. The fraction of sp³-hybridized carbons (Fsp3) is 0.438. The molecule has 0 aliphatic rings. The van der Waals surface area contributed by atoms with Crippen molar-refractivity contribution in [1.82, 2.24) is 10.3 Å². The molecule has 21 heavy (non-hydrogen) atoms. The first-order valence-corrected chi connectivity index (χ1v) is 9.00. The third kappa shape index (κ3) is 4.54. The molecule has 1 aromatic heterocycles. The fourth-order valence-electron chi connectivity index (χ4n) is 1.99. The summed E-state index contributed by atoms with van der Waals surface area (Å²) in [5.74, 6) is 1.10. The Morgan fingerprint density at radius 2 is 2.00 bits per heavy atom. The Hall–Kier alpha value is -0.880. The van der Waals surface area contributed by atoms with E-state index >= 15 is 0 Å². The number of benzene rings is 1. The molecule has 1 heterocycles. The average molecular weight is 322 g/mol. The van der Waals surface area contributed by atoms with Crippen LogP contribution in [0.25, 0.3) is 10.6 Å². The van der Waals surface area contributed by atoms with Crippen molar-refractivity contribution in [1.29, 1.82) is 0 Å². The normalized spacial score (nSPS) is 11.0. The molecular formula is C16H22N2OS2. The number of methoxy groups -OCH3 is 1. The van der Waals surface area contributed by atoms with Crippen LogP contribution < -0.4 is 5.32 Å². The molecule has 0 atom stereocenters. The molecule has 2 rings (SSSR count). The van der Waals surface area contributed by atoms with Gasteiger partial charge in [0, 0.05) is 29.0 Å². The van der Waals surface area contributed by atoms with Gasteiger partial charge in [0.15, 0.2) is 0 Å². The minimum atomic E-state index is 0.570. The van der Waals surface area contributed by atoms with Crippen LogP contribution in [0.3, 0.4) is 0 Å². The molecule has 1 N–H and O–H groups in total. The van der Waals surface area contributed by atoms with E-state index in [1.807, 2.05) is 11.8 Å². The molecule has 0 amide bonds. The van der Waals surface area contributed by atoms with Gasteiger partial charge in [-0.15, -0.1) is 23.1 Å². The maximum Gasteiger partial charge on any atom is 0.124 e. The first kappa shape index (κ1) is 16.5. The van der Waals surface area contributed by atoms with E-state index in [0.717, 1.165) is 29.5 Å². The molecule has 5 heteroatoms. The number of aromatic nitrogens is 1. The van der Waals surface area contributed by atoms with E-state index in [2.05, 4.69) is 43.4 Å². The van der Waals surface area contributed by atoms with Crippen LogP contribution in [0.5, 0.6) is 0 Å². The van der Waals surface area contributed by atoms with Crippen LogP contribution in [0.4, 0.5) is 0 Å². The largest absolute Gasteiger partial charge is 0.378 e. The summed E-state index contributed by atoms with van der Waals surface area (Å²) in [6.07, 6.45) is 0. The van der Waals surface area contributed by atoms with Gasteiger partial charge in [-0.3, -0.25) is 0 Å². The summed E-state index contributed by atoms with van der Waals surface area (Å²) < 4.78 is 5.26. The molecule has 0 aliphatic heterocycles. The molecule has 0 spiro atoms. The number of nitrogens with one attached hydrogen (secondary N) is 1. The van der Waals surface area contributed by atoms with Gasteiger partial charge in [0.05, 0.1) is 12.3 Å². The number of ether oxygens (including phenoxy) is 1. The molecule has 0 saturated carbocycles. The molecule has 0 unspecified atom stereocenters. The standard InChI is InChI=1S/C16H22N2OS2/c1-4-17-10-15-14(11-19-3)18-16(21-15)12-6-8-13(9-7-12)20-5-2/h6-9,17H,4-5,10-11H2,1-3H3. The van der Waals surface area contributed by atoms with Gasteiger partial charge in [-0.1, -0.05) is 26.0 Å². The van der Waals surface area contributed by atoms with Crippen LogP contribution in [-0.4, -0.2) is 24.4 Å². The maximum atomic E-state index is 5.26. The zero-order chi connectivity index (χ0) is 15.1. The summed E-state index contributed by atoms with van der Waals surface area (Å²) in [5.41, 5.74) is 2.23. The SMILES string of the molecule is CCNCc1sc(-c2ccc(SCC)cc2)nc1COC. The fourth-order valence-corrected chi connectivity index (χ4v) is 3.70. The van der Waals surface area contributed by atoms with E-state index in [-0.39, 0.29) is 0 Å². The minimum absolute atomic E-state index is 0.570. The van der Waals surface area contributed by atoms with Gasteiger partial charge in [0.2, 0.25) is 0 Å². The van der Waals surface area contributed by atoms with E-state index in [1.54, 1.807) is 18.4 Å². The van der Waals surface area contributed by atoms with Crippen molar-refractivity contribution < 1.29 is 4.74 Å². The smallest absolute Gasteiger partial charge is 0.124 e. The average Bonchev–Trinajstić information content (AvgIpc) is 2.90.